The molecule has 0 aromatic carbocycles. The van der Waals surface area contributed by atoms with Gasteiger partial charge in [0.2, 0.25) is 0 Å². The van der Waals surface area contributed by atoms with Gasteiger partial charge >= 0.3 is 35.4 Å². The molecule has 0 bridgehead atoms. The summed E-state index contributed by atoms with van der Waals surface area (Å²) in [5, 5.41) is 36.8. The zero-order chi connectivity index (χ0) is 31.9. The molecule has 0 saturated carbocycles. The molecule has 6 atom stereocenters. The van der Waals surface area contributed by atoms with Gasteiger partial charge in [-0.25, -0.2) is 28.6 Å². The highest BCUT2D eigenvalue weighted by molar-refractivity contribution is 7.66. The number of nitrogen functional groups attached to an aromatic ring is 1. The minimum Gasteiger partial charge on any atom is -0.481 e. The number of carboxylic acids is 2. The number of anilines is 1. The van der Waals surface area contributed by atoms with Crippen LogP contribution in [0.3, 0.4) is 0 Å². The molecule has 22 nitrogen and oxygen atoms in total. The summed E-state index contributed by atoms with van der Waals surface area (Å²) in [5.41, 5.74) is 6.00. The second-order valence-corrected chi connectivity index (χ2v) is 12.8. The molecule has 25 heteroatoms. The molecule has 42 heavy (non-hydrogen) atoms. The Morgan fingerprint density at radius 2 is 1.50 bits per heavy atom. The number of phosphoric ester groups is 1. The van der Waals surface area contributed by atoms with E-state index >= 15 is 0 Å². The fourth-order valence-corrected chi connectivity index (χ4v) is 6.38. The van der Waals surface area contributed by atoms with Crippen LogP contribution in [0.1, 0.15) is 38.3 Å². The lowest BCUT2D eigenvalue weighted by Gasteiger charge is -2.19. The van der Waals surface area contributed by atoms with E-state index in [1.165, 1.54) is 10.9 Å². The number of nitrogens with two attached hydrogens (primary N) is 1. The summed E-state index contributed by atoms with van der Waals surface area (Å²) in [7, 11) is -16.7. The minimum atomic E-state index is -5.70. The highest BCUT2D eigenvalue weighted by atomic mass is 31.3. The van der Waals surface area contributed by atoms with E-state index in [4.69, 9.17) is 35.4 Å². The summed E-state index contributed by atoms with van der Waals surface area (Å²) in [5.74, 6) is -1.60. The van der Waals surface area contributed by atoms with Crippen molar-refractivity contribution in [2.24, 2.45) is 0 Å². The van der Waals surface area contributed by atoms with Crippen molar-refractivity contribution in [3.05, 3.63) is 12.7 Å². The topological polar surface area (TPSA) is 354 Å². The molecule has 238 valence electrons. The van der Waals surface area contributed by atoms with E-state index < -0.39 is 66.6 Å². The van der Waals surface area contributed by atoms with E-state index in [0.717, 1.165) is 6.33 Å². The first kappa shape index (κ1) is 35.8. The van der Waals surface area contributed by atoms with Crippen molar-refractivity contribution >= 4 is 52.4 Å². The molecule has 0 spiro atoms. The van der Waals surface area contributed by atoms with Gasteiger partial charge < -0.3 is 50.5 Å². The van der Waals surface area contributed by atoms with Crippen molar-refractivity contribution in [1.29, 1.82) is 0 Å². The number of rotatable bonds is 14. The fourth-order valence-electron chi connectivity index (χ4n) is 3.35. The predicted molar refractivity (Wildman–Crippen MR) is 134 cm³/mol. The summed E-state index contributed by atoms with van der Waals surface area (Å²) in [6.07, 6.45) is -1.59. The first-order valence-corrected chi connectivity index (χ1v) is 16.0. The fraction of sp³-hybridized carbons (Fsp3) is 0.588. The number of aliphatic hydroxyl groups is 2. The average Bonchev–Trinajstić information content (AvgIpc) is 3.37. The van der Waals surface area contributed by atoms with E-state index in [9.17, 15) is 38.4 Å². The van der Waals surface area contributed by atoms with Crippen LogP contribution in [-0.2, 0) is 41.2 Å². The molecule has 10 N–H and O–H groups in total. The highest BCUT2D eigenvalue weighted by Gasteiger charge is 2.47. The maximum atomic E-state index is 11.8. The number of imidazole rings is 1. The van der Waals surface area contributed by atoms with Crippen molar-refractivity contribution in [3.8, 4) is 0 Å². The van der Waals surface area contributed by atoms with Crippen LogP contribution in [0.15, 0.2) is 12.7 Å². The second-order valence-electron chi connectivity index (χ2n) is 8.36. The smallest absolute Gasteiger partial charge is 0.481 e. The Bertz CT molecular complexity index is 1370. The van der Waals surface area contributed by atoms with E-state index in [1.807, 2.05) is 0 Å². The molecule has 2 unspecified atom stereocenters. The number of unbranched alkanes of at least 4 members (excludes halogenated alkanes) is 2. The molecule has 1 saturated heterocycles. The van der Waals surface area contributed by atoms with Crippen molar-refractivity contribution in [3.63, 3.8) is 0 Å². The molecule has 3 rings (SSSR count). The summed E-state index contributed by atoms with van der Waals surface area (Å²) < 4.78 is 51.9. The molecule has 1 aliphatic rings. The molecular formula is C17H28N5O17P3. The Labute approximate surface area is 235 Å². The standard InChI is InChI=1S/C10H16N5O13P3.C7H12O4/c11-8-5-9(13-2-12-8)15(3-14-5)10-7(17)6(16)4(26-10)1-25-30(21,22)28-31(23,24)27-29(18,19)20;8-6(9)4-2-1-3-5-7(10)11/h2-4,6-7,10,16-17H,1H2,(H,21,22)(H,23,24)(H2,11,12,13)(H2,18,19,20);1-5H2,(H,8,9)(H,10,11)/t4-,6-,7-,10-;/m1./s1. The third kappa shape index (κ3) is 11.3. The maximum Gasteiger partial charge on any atom is 0.490 e. The number of ether oxygens (including phenoxy) is 1. The van der Waals surface area contributed by atoms with E-state index in [2.05, 4.69) is 28.1 Å². The lowest BCUT2D eigenvalue weighted by Crippen LogP contribution is -2.33. The van der Waals surface area contributed by atoms with Crippen molar-refractivity contribution in [2.45, 2.75) is 56.6 Å². The number of hydrogen-bond donors (Lipinski definition) is 9. The molecule has 0 amide bonds. The summed E-state index contributed by atoms with van der Waals surface area (Å²) in [6, 6.07) is 0. The van der Waals surface area contributed by atoms with Crippen LogP contribution >= 0.6 is 23.5 Å². The average molecular weight is 667 g/mol. The Morgan fingerprint density at radius 3 is 2.05 bits per heavy atom. The van der Waals surface area contributed by atoms with E-state index in [-0.39, 0.29) is 29.8 Å². The number of aliphatic hydroxyl groups excluding tert-OH is 2. The van der Waals surface area contributed by atoms with Gasteiger partial charge in [0.1, 0.15) is 30.2 Å². The number of hydrogen-bond acceptors (Lipinski definition) is 15. The second kappa shape index (κ2) is 14.8. The number of phosphoric acid groups is 3. The molecule has 0 aliphatic carbocycles. The first-order valence-electron chi connectivity index (χ1n) is 11.5. The molecule has 0 radical (unpaired) electrons. The zero-order valence-corrected chi connectivity index (χ0v) is 23.8. The molecule has 3 heterocycles. The van der Waals surface area contributed by atoms with Crippen LogP contribution in [0.5, 0.6) is 0 Å². The number of nitrogens with zero attached hydrogens (tertiary/aromatic N) is 4. The summed E-state index contributed by atoms with van der Waals surface area (Å²) in [4.78, 5) is 67.2. The molecule has 2 aromatic rings. The Morgan fingerprint density at radius 1 is 0.905 bits per heavy atom. The van der Waals surface area contributed by atoms with Crippen molar-refractivity contribution in [1.82, 2.24) is 19.5 Å². The Balaban J connectivity index is 0.000000476. The Kier molecular flexibility index (Phi) is 12.6. The number of fused-ring (bicyclic) bond motifs is 1. The zero-order valence-electron chi connectivity index (χ0n) is 21.2. The van der Waals surface area contributed by atoms with Crippen LogP contribution in [0.4, 0.5) is 5.82 Å². The Hall–Kier alpha value is -2.42. The van der Waals surface area contributed by atoms with Crippen LogP contribution < -0.4 is 5.73 Å². The monoisotopic (exact) mass is 667 g/mol. The van der Waals surface area contributed by atoms with Gasteiger partial charge in [-0.1, -0.05) is 6.42 Å². The highest BCUT2D eigenvalue weighted by Crippen LogP contribution is 2.66. The number of carbonyl (C=O) groups is 2. The van der Waals surface area contributed by atoms with Gasteiger partial charge in [-0.05, 0) is 12.8 Å². The molecular weight excluding hydrogens is 639 g/mol. The van der Waals surface area contributed by atoms with Crippen LogP contribution in [0.25, 0.3) is 11.2 Å². The number of carboxylic acid groups (broad SMARTS) is 2. The largest absolute Gasteiger partial charge is 0.490 e. The van der Waals surface area contributed by atoms with E-state index in [0.29, 0.717) is 19.3 Å². The number of aromatic nitrogens is 4. The van der Waals surface area contributed by atoms with Crippen LogP contribution in [-0.4, -0.2) is 96.4 Å². The minimum absolute atomic E-state index is 0.0426. The third-order valence-corrected chi connectivity index (χ3v) is 8.90. The van der Waals surface area contributed by atoms with Crippen LogP contribution in [0.2, 0.25) is 0 Å². The normalized spacial score (nSPS) is 23.5. The lowest BCUT2D eigenvalue weighted by atomic mass is 10.1. The molecule has 1 aliphatic heterocycles. The van der Waals surface area contributed by atoms with Gasteiger partial charge in [0.15, 0.2) is 17.7 Å². The van der Waals surface area contributed by atoms with Crippen LogP contribution in [0, 0.1) is 0 Å². The van der Waals surface area contributed by atoms with E-state index in [1.54, 1.807) is 0 Å². The quantitative estimate of drug-likeness (QED) is 0.0903. The SMILES string of the molecule is Nc1ncnc2c1ncn2[C@@H]1O[C@H](COP(=O)(O)OP(=O)(O)OP(=O)(O)O)[C@@H](O)[C@H]1O.O=C(O)CCCCCC(=O)O. The van der Waals surface area contributed by atoms with Gasteiger partial charge in [-0.15, -0.1) is 0 Å². The lowest BCUT2D eigenvalue weighted by molar-refractivity contribution is -0.137. The summed E-state index contributed by atoms with van der Waals surface area (Å²) in [6.45, 7) is -0.956. The van der Waals surface area contributed by atoms with Gasteiger partial charge in [0, 0.05) is 12.8 Å². The van der Waals surface area contributed by atoms with Gasteiger partial charge in [-0.3, -0.25) is 18.7 Å². The first-order chi connectivity index (χ1) is 19.3. The summed E-state index contributed by atoms with van der Waals surface area (Å²) >= 11 is 0. The molecule has 1 fully saturated rings. The number of aliphatic carboxylic acids is 2. The van der Waals surface area contributed by atoms with Gasteiger partial charge in [-0.2, -0.15) is 8.62 Å². The van der Waals surface area contributed by atoms with Gasteiger partial charge in [0.05, 0.1) is 12.9 Å². The maximum absolute atomic E-state index is 11.8. The van der Waals surface area contributed by atoms with Gasteiger partial charge in [0.25, 0.3) is 0 Å². The van der Waals surface area contributed by atoms with Crippen molar-refractivity contribution in [2.75, 3.05) is 12.3 Å². The molecule has 2 aromatic heterocycles. The predicted octanol–water partition coefficient (Wildman–Crippen LogP) is -0.523. The van der Waals surface area contributed by atoms with Crippen molar-refractivity contribution < 1.29 is 81.2 Å². The third-order valence-electron chi connectivity index (χ3n) is 5.10.